The van der Waals surface area contributed by atoms with Crippen molar-refractivity contribution in [1.29, 1.82) is 0 Å². The average Bonchev–Trinajstić information content (AvgIpc) is 2.23. The molecular weight excluding hydrogens is 259 g/mol. The Morgan fingerprint density at radius 1 is 1.27 bits per heavy atom. The summed E-state index contributed by atoms with van der Waals surface area (Å²) >= 11 is 3.31. The van der Waals surface area contributed by atoms with Gasteiger partial charge in [-0.15, -0.1) is 0 Å². The minimum atomic E-state index is -0.223. The van der Waals surface area contributed by atoms with Crippen LogP contribution in [-0.2, 0) is 4.79 Å². The molecule has 0 aliphatic heterocycles. The van der Waals surface area contributed by atoms with E-state index < -0.39 is 0 Å². The van der Waals surface area contributed by atoms with Crippen LogP contribution in [0.5, 0.6) is 0 Å². The molecule has 1 aliphatic carbocycles. The van der Waals surface area contributed by atoms with Crippen LogP contribution < -0.4 is 0 Å². The van der Waals surface area contributed by atoms with Gasteiger partial charge in [-0.1, -0.05) is 22.0 Å². The number of hydrogen-bond donors (Lipinski definition) is 0. The zero-order valence-corrected chi connectivity index (χ0v) is 9.68. The molecule has 0 saturated heterocycles. The monoisotopic (exact) mass is 268 g/mol. The van der Waals surface area contributed by atoms with Gasteiger partial charge in [0.2, 0.25) is 0 Å². The highest BCUT2D eigenvalue weighted by atomic mass is 79.9. The molecule has 0 aromatic heterocycles. The van der Waals surface area contributed by atoms with Crippen molar-refractivity contribution in [2.45, 2.75) is 19.3 Å². The Balaban J connectivity index is 2.37. The zero-order chi connectivity index (χ0) is 10.8. The van der Waals surface area contributed by atoms with Gasteiger partial charge in [0.05, 0.1) is 0 Å². The molecule has 3 heteroatoms. The number of Topliss-reactive ketones (excluding diaryl/α,β-unsaturated/α-hetero) is 1. The van der Waals surface area contributed by atoms with Crippen LogP contribution in [0, 0.1) is 5.82 Å². The predicted octanol–water partition coefficient (Wildman–Crippen LogP) is 3.72. The van der Waals surface area contributed by atoms with E-state index in [1.54, 1.807) is 12.1 Å². The summed E-state index contributed by atoms with van der Waals surface area (Å²) in [5.41, 5.74) is 1.55. The summed E-state index contributed by atoms with van der Waals surface area (Å²) in [6.07, 6.45) is 3.43. The van der Waals surface area contributed by atoms with E-state index in [2.05, 4.69) is 15.9 Å². The summed E-state index contributed by atoms with van der Waals surface area (Å²) in [5.74, 6) is 0.00736. The molecule has 0 N–H and O–H groups in total. The van der Waals surface area contributed by atoms with Gasteiger partial charge >= 0.3 is 0 Å². The zero-order valence-electron chi connectivity index (χ0n) is 8.09. The number of hydrogen-bond acceptors (Lipinski definition) is 1. The average molecular weight is 269 g/mol. The van der Waals surface area contributed by atoms with Crippen molar-refractivity contribution in [2.24, 2.45) is 0 Å². The summed E-state index contributed by atoms with van der Waals surface area (Å²) in [6.45, 7) is 0. The molecule has 0 saturated carbocycles. The van der Waals surface area contributed by atoms with Crippen LogP contribution >= 0.6 is 15.9 Å². The summed E-state index contributed by atoms with van der Waals surface area (Å²) < 4.78 is 14.4. The molecule has 0 bridgehead atoms. The van der Waals surface area contributed by atoms with E-state index in [1.807, 2.05) is 6.08 Å². The van der Waals surface area contributed by atoms with Crippen molar-refractivity contribution < 1.29 is 9.18 Å². The Bertz CT molecular complexity index is 437. The molecule has 0 radical (unpaired) electrons. The van der Waals surface area contributed by atoms with Crippen molar-refractivity contribution in [3.63, 3.8) is 0 Å². The normalized spacial score (nSPS) is 16.4. The van der Waals surface area contributed by atoms with Gasteiger partial charge in [0.1, 0.15) is 11.6 Å². The van der Waals surface area contributed by atoms with E-state index in [0.29, 0.717) is 24.8 Å². The minimum absolute atomic E-state index is 0.223. The number of rotatable bonds is 1. The molecule has 15 heavy (non-hydrogen) atoms. The first-order chi connectivity index (χ1) is 7.16. The van der Waals surface area contributed by atoms with Gasteiger partial charge in [-0.05, 0) is 30.2 Å². The Labute approximate surface area is 96.1 Å². The lowest BCUT2D eigenvalue weighted by molar-refractivity contribution is -0.118. The number of allylic oxidation sites excluding steroid dienone is 2. The van der Waals surface area contributed by atoms with Crippen LogP contribution in [0.2, 0.25) is 0 Å². The maximum atomic E-state index is 13.5. The molecule has 0 atom stereocenters. The molecule has 78 valence electrons. The molecule has 1 nitrogen and oxygen atoms in total. The lowest BCUT2D eigenvalue weighted by atomic mass is 9.93. The smallest absolute Gasteiger partial charge is 0.137 e. The Morgan fingerprint density at radius 3 is 2.73 bits per heavy atom. The third-order valence-corrected chi connectivity index (χ3v) is 3.02. The van der Waals surface area contributed by atoms with E-state index in [1.165, 1.54) is 6.07 Å². The molecule has 1 aliphatic rings. The van der Waals surface area contributed by atoms with Crippen LogP contribution in [0.1, 0.15) is 24.8 Å². The third-order valence-electron chi connectivity index (χ3n) is 2.52. The first-order valence-electron chi connectivity index (χ1n) is 4.83. The van der Waals surface area contributed by atoms with Crippen molar-refractivity contribution in [1.82, 2.24) is 0 Å². The molecule has 2 rings (SSSR count). The predicted molar refractivity (Wildman–Crippen MR) is 60.9 cm³/mol. The summed E-state index contributed by atoms with van der Waals surface area (Å²) in [5, 5.41) is 0. The van der Waals surface area contributed by atoms with Crippen LogP contribution in [0.25, 0.3) is 5.57 Å². The van der Waals surface area contributed by atoms with E-state index in [9.17, 15) is 9.18 Å². The van der Waals surface area contributed by atoms with E-state index in [0.717, 1.165) is 10.0 Å². The molecule has 0 unspecified atom stereocenters. The van der Waals surface area contributed by atoms with Gasteiger partial charge in [-0.2, -0.15) is 0 Å². The number of carbonyl (C=O) groups excluding carboxylic acids is 1. The Kier molecular flexibility index (Phi) is 3.00. The lowest BCUT2D eigenvalue weighted by Crippen LogP contribution is -2.04. The fourth-order valence-corrected chi connectivity index (χ4v) is 2.06. The fraction of sp³-hybridized carbons (Fsp3) is 0.250. The first kappa shape index (κ1) is 10.6. The van der Waals surface area contributed by atoms with Gasteiger partial charge < -0.3 is 0 Å². The third kappa shape index (κ3) is 2.34. The highest BCUT2D eigenvalue weighted by Gasteiger charge is 2.14. The van der Waals surface area contributed by atoms with Crippen LogP contribution in [0.15, 0.2) is 28.7 Å². The maximum Gasteiger partial charge on any atom is 0.137 e. The second kappa shape index (κ2) is 4.27. The number of ketones is 1. The number of halogens is 2. The van der Waals surface area contributed by atoms with Gasteiger partial charge in [-0.3, -0.25) is 4.79 Å². The SMILES string of the molecule is O=C1CC=C(c2cc(Br)ccc2F)CC1. The molecule has 1 aromatic carbocycles. The minimum Gasteiger partial charge on any atom is -0.299 e. The maximum absolute atomic E-state index is 13.5. The van der Waals surface area contributed by atoms with Crippen molar-refractivity contribution in [3.8, 4) is 0 Å². The standard InChI is InChI=1S/C12H10BrFO/c13-9-3-6-12(14)11(7-9)8-1-4-10(15)5-2-8/h1,3,6-7H,2,4-5H2. The lowest BCUT2D eigenvalue weighted by Gasteiger charge is -2.13. The van der Waals surface area contributed by atoms with Crippen molar-refractivity contribution in [3.05, 3.63) is 40.1 Å². The quantitative estimate of drug-likeness (QED) is 0.759. The fourth-order valence-electron chi connectivity index (χ4n) is 1.70. The number of benzene rings is 1. The van der Waals surface area contributed by atoms with Gasteiger partial charge in [-0.25, -0.2) is 4.39 Å². The van der Waals surface area contributed by atoms with Crippen molar-refractivity contribution >= 4 is 27.3 Å². The highest BCUT2D eigenvalue weighted by Crippen LogP contribution is 2.29. The molecule has 1 aromatic rings. The van der Waals surface area contributed by atoms with Crippen LogP contribution in [-0.4, -0.2) is 5.78 Å². The van der Waals surface area contributed by atoms with Gasteiger partial charge in [0.15, 0.2) is 0 Å². The van der Waals surface area contributed by atoms with Gasteiger partial charge in [0, 0.05) is 22.9 Å². The van der Waals surface area contributed by atoms with Crippen LogP contribution in [0.3, 0.4) is 0 Å². The van der Waals surface area contributed by atoms with Crippen molar-refractivity contribution in [2.75, 3.05) is 0 Å². The number of carbonyl (C=O) groups is 1. The first-order valence-corrected chi connectivity index (χ1v) is 5.62. The second-order valence-corrected chi connectivity index (χ2v) is 4.51. The summed E-state index contributed by atoms with van der Waals surface area (Å²) in [4.78, 5) is 11.0. The summed E-state index contributed by atoms with van der Waals surface area (Å²) in [6, 6.07) is 4.88. The topological polar surface area (TPSA) is 17.1 Å². The molecule has 0 fully saturated rings. The Morgan fingerprint density at radius 2 is 2.07 bits per heavy atom. The van der Waals surface area contributed by atoms with E-state index in [4.69, 9.17) is 0 Å². The molecule has 0 spiro atoms. The molecular formula is C12H10BrFO. The second-order valence-electron chi connectivity index (χ2n) is 3.60. The van der Waals surface area contributed by atoms with Crippen LogP contribution in [0.4, 0.5) is 4.39 Å². The van der Waals surface area contributed by atoms with E-state index >= 15 is 0 Å². The van der Waals surface area contributed by atoms with E-state index in [-0.39, 0.29) is 11.6 Å². The summed E-state index contributed by atoms with van der Waals surface area (Å²) in [7, 11) is 0. The largest absolute Gasteiger partial charge is 0.299 e. The van der Waals surface area contributed by atoms with Gasteiger partial charge in [0.25, 0.3) is 0 Å². The Hall–Kier alpha value is -0.960. The molecule has 0 amide bonds. The highest BCUT2D eigenvalue weighted by molar-refractivity contribution is 9.10. The molecule has 0 heterocycles.